The Labute approximate surface area is 125 Å². The fraction of sp³-hybridized carbons (Fsp3) is 0.385. The largest absolute Gasteiger partial charge is 0.308 e. The van der Waals surface area contributed by atoms with E-state index in [1.807, 2.05) is 18.4 Å². The van der Waals surface area contributed by atoms with Gasteiger partial charge in [-0.25, -0.2) is 15.8 Å². The van der Waals surface area contributed by atoms with Gasteiger partial charge in [-0.3, -0.25) is 14.5 Å². The number of hydrogen-bond acceptors (Lipinski definition) is 7. The van der Waals surface area contributed by atoms with Crippen molar-refractivity contribution in [1.29, 1.82) is 0 Å². The molecule has 0 radical (unpaired) electrons. The number of fused-ring (bicyclic) bond motifs is 1. The maximum Gasteiger partial charge on any atom is 0.229 e. The monoisotopic (exact) mass is 305 g/mol. The summed E-state index contributed by atoms with van der Waals surface area (Å²) in [6.07, 6.45) is 0.768. The highest BCUT2D eigenvalue weighted by Gasteiger charge is 2.31. The lowest BCUT2D eigenvalue weighted by atomic mass is 9.98. The van der Waals surface area contributed by atoms with E-state index in [1.165, 1.54) is 16.2 Å². The molecule has 0 spiro atoms. The van der Waals surface area contributed by atoms with Gasteiger partial charge in [0, 0.05) is 12.8 Å². The van der Waals surface area contributed by atoms with Gasteiger partial charge in [0.2, 0.25) is 11.8 Å². The third kappa shape index (κ3) is 2.59. The first-order chi connectivity index (χ1) is 10.1. The molecule has 3 N–H and O–H groups in total. The Hall–Kier alpha value is -2.06. The lowest BCUT2D eigenvalue weighted by molar-refractivity contribution is -0.150. The number of nitrogens with one attached hydrogen (secondary N) is 1. The summed E-state index contributed by atoms with van der Waals surface area (Å²) in [6, 6.07) is 1.87. The summed E-state index contributed by atoms with van der Waals surface area (Å²) >= 11 is 1.46. The van der Waals surface area contributed by atoms with Crippen LogP contribution < -0.4 is 11.3 Å². The molecule has 8 heteroatoms. The quantitative estimate of drug-likeness (QED) is 0.503. The third-order valence-electron chi connectivity index (χ3n) is 3.46. The minimum Gasteiger partial charge on any atom is -0.308 e. The van der Waals surface area contributed by atoms with Gasteiger partial charge in [-0.05, 0) is 17.4 Å². The van der Waals surface area contributed by atoms with Gasteiger partial charge in [-0.15, -0.1) is 11.3 Å². The number of amides is 2. The summed E-state index contributed by atoms with van der Waals surface area (Å²) < 4.78 is 0. The Morgan fingerprint density at radius 3 is 2.76 bits per heavy atom. The van der Waals surface area contributed by atoms with Crippen LogP contribution in [0.15, 0.2) is 11.4 Å². The number of anilines is 1. The number of aromatic nitrogens is 2. The molecule has 2 aromatic heterocycles. The van der Waals surface area contributed by atoms with Crippen molar-refractivity contribution < 1.29 is 9.59 Å². The first-order valence-corrected chi connectivity index (χ1v) is 7.50. The standard InChI is InChI=1S/C13H15N5O2S/c1-7-4-10(19)18(11(20)5-7)6-9-15-12(17-14)8-2-3-21-13(8)16-9/h2-3,7H,4-6,14H2,1H3,(H,15,16,17). The summed E-state index contributed by atoms with van der Waals surface area (Å²) in [7, 11) is 0. The van der Waals surface area contributed by atoms with Crippen LogP contribution in [0.25, 0.3) is 10.2 Å². The first kappa shape index (κ1) is 13.9. The molecule has 2 aromatic rings. The number of piperidine rings is 1. The maximum atomic E-state index is 12.0. The van der Waals surface area contributed by atoms with Gasteiger partial charge >= 0.3 is 0 Å². The SMILES string of the molecule is CC1CC(=O)N(Cc2nc(NN)c3ccsc3n2)C(=O)C1. The molecule has 2 amide bonds. The molecule has 0 aromatic carbocycles. The van der Waals surface area contributed by atoms with Crippen LogP contribution >= 0.6 is 11.3 Å². The minimum atomic E-state index is -0.170. The van der Waals surface area contributed by atoms with Crippen LogP contribution in [0.2, 0.25) is 0 Å². The Morgan fingerprint density at radius 1 is 1.38 bits per heavy atom. The van der Waals surface area contributed by atoms with E-state index in [0.717, 1.165) is 10.2 Å². The van der Waals surface area contributed by atoms with E-state index in [-0.39, 0.29) is 24.3 Å². The molecule has 110 valence electrons. The van der Waals surface area contributed by atoms with E-state index in [0.29, 0.717) is 24.5 Å². The number of hydrazine groups is 1. The van der Waals surface area contributed by atoms with Crippen LogP contribution in [0, 0.1) is 5.92 Å². The summed E-state index contributed by atoms with van der Waals surface area (Å²) in [4.78, 5) is 34.7. The number of carbonyl (C=O) groups excluding carboxylic acids is 2. The average Bonchev–Trinajstić information content (AvgIpc) is 2.90. The van der Waals surface area contributed by atoms with Crippen LogP contribution in [-0.2, 0) is 16.1 Å². The number of carbonyl (C=O) groups is 2. The Kier molecular flexibility index (Phi) is 3.56. The number of nitrogens with zero attached hydrogens (tertiary/aromatic N) is 3. The molecule has 0 unspecified atom stereocenters. The van der Waals surface area contributed by atoms with Crippen molar-refractivity contribution in [1.82, 2.24) is 14.9 Å². The molecule has 1 saturated heterocycles. The zero-order valence-corrected chi connectivity index (χ0v) is 12.3. The predicted octanol–water partition coefficient (Wildman–Crippen LogP) is 1.26. The fourth-order valence-corrected chi connectivity index (χ4v) is 3.21. The summed E-state index contributed by atoms with van der Waals surface area (Å²) in [5, 5.41) is 2.72. The van der Waals surface area contributed by atoms with Gasteiger partial charge in [0.25, 0.3) is 0 Å². The molecular weight excluding hydrogens is 290 g/mol. The first-order valence-electron chi connectivity index (χ1n) is 6.62. The van der Waals surface area contributed by atoms with E-state index >= 15 is 0 Å². The third-order valence-corrected chi connectivity index (χ3v) is 4.26. The van der Waals surface area contributed by atoms with Crippen molar-refractivity contribution in [3.05, 3.63) is 17.3 Å². The van der Waals surface area contributed by atoms with Crippen LogP contribution in [0.1, 0.15) is 25.6 Å². The number of imide groups is 1. The van der Waals surface area contributed by atoms with E-state index in [1.54, 1.807) is 0 Å². The van der Waals surface area contributed by atoms with Gasteiger partial charge in [0.15, 0.2) is 11.6 Å². The molecule has 3 rings (SSSR count). The summed E-state index contributed by atoms with van der Waals surface area (Å²) in [5.41, 5.74) is 2.53. The van der Waals surface area contributed by atoms with E-state index < -0.39 is 0 Å². The lowest BCUT2D eigenvalue weighted by Gasteiger charge is -2.27. The van der Waals surface area contributed by atoms with Crippen molar-refractivity contribution in [3.8, 4) is 0 Å². The fourth-order valence-electron chi connectivity index (χ4n) is 2.43. The van der Waals surface area contributed by atoms with Crippen molar-refractivity contribution in [2.24, 2.45) is 11.8 Å². The van der Waals surface area contributed by atoms with E-state index in [2.05, 4.69) is 15.4 Å². The average molecular weight is 305 g/mol. The lowest BCUT2D eigenvalue weighted by Crippen LogP contribution is -2.42. The molecule has 1 aliphatic heterocycles. The topological polar surface area (TPSA) is 101 Å². The van der Waals surface area contributed by atoms with Crippen LogP contribution in [0.5, 0.6) is 0 Å². The highest BCUT2D eigenvalue weighted by Crippen LogP contribution is 2.26. The molecule has 1 fully saturated rings. The molecule has 1 aliphatic rings. The zero-order valence-electron chi connectivity index (χ0n) is 11.5. The second kappa shape index (κ2) is 5.38. The van der Waals surface area contributed by atoms with E-state index in [4.69, 9.17) is 5.84 Å². The number of nitrogens with two attached hydrogens (primary N) is 1. The Bertz CT molecular complexity index is 696. The highest BCUT2D eigenvalue weighted by molar-refractivity contribution is 7.16. The van der Waals surface area contributed by atoms with E-state index in [9.17, 15) is 9.59 Å². The second-order valence-corrected chi connectivity index (χ2v) is 6.05. The normalized spacial score (nSPS) is 16.8. The molecule has 21 heavy (non-hydrogen) atoms. The molecule has 3 heterocycles. The molecule has 0 atom stereocenters. The van der Waals surface area contributed by atoms with Gasteiger partial charge < -0.3 is 5.43 Å². The Morgan fingerprint density at radius 2 is 2.10 bits per heavy atom. The van der Waals surface area contributed by atoms with Crippen LogP contribution in [-0.4, -0.2) is 26.7 Å². The van der Waals surface area contributed by atoms with Gasteiger partial charge in [-0.2, -0.15) is 0 Å². The molecule has 0 saturated carbocycles. The number of nitrogen functional groups attached to an aromatic ring is 1. The number of rotatable bonds is 3. The Balaban J connectivity index is 1.90. The minimum absolute atomic E-state index is 0.0902. The van der Waals surface area contributed by atoms with Crippen LogP contribution in [0.4, 0.5) is 5.82 Å². The van der Waals surface area contributed by atoms with Crippen molar-refractivity contribution in [2.75, 3.05) is 5.43 Å². The number of thiophene rings is 1. The number of likely N-dealkylation sites (tertiary alicyclic amines) is 1. The molecular formula is C13H15N5O2S. The molecule has 0 aliphatic carbocycles. The van der Waals surface area contributed by atoms with Crippen molar-refractivity contribution in [3.63, 3.8) is 0 Å². The summed E-state index contributed by atoms with van der Waals surface area (Å²) in [6.45, 7) is 1.99. The smallest absolute Gasteiger partial charge is 0.229 e. The summed E-state index contributed by atoms with van der Waals surface area (Å²) in [5.74, 6) is 6.14. The van der Waals surface area contributed by atoms with Crippen molar-refractivity contribution in [2.45, 2.75) is 26.3 Å². The highest BCUT2D eigenvalue weighted by atomic mass is 32.1. The van der Waals surface area contributed by atoms with Gasteiger partial charge in [-0.1, -0.05) is 6.92 Å². The number of hydrogen-bond donors (Lipinski definition) is 2. The van der Waals surface area contributed by atoms with Crippen molar-refractivity contribution >= 4 is 39.2 Å². The molecule has 0 bridgehead atoms. The zero-order chi connectivity index (χ0) is 15.0. The van der Waals surface area contributed by atoms with Gasteiger partial charge in [0.05, 0.1) is 11.9 Å². The maximum absolute atomic E-state index is 12.0. The predicted molar refractivity (Wildman–Crippen MR) is 79.2 cm³/mol. The molecule has 7 nitrogen and oxygen atoms in total. The second-order valence-electron chi connectivity index (χ2n) is 5.16. The van der Waals surface area contributed by atoms with Gasteiger partial charge in [0.1, 0.15) is 4.83 Å². The van der Waals surface area contributed by atoms with Crippen LogP contribution in [0.3, 0.4) is 0 Å².